The van der Waals surface area contributed by atoms with Crippen molar-refractivity contribution >= 4 is 16.0 Å². The zero-order chi connectivity index (χ0) is 17.0. The molecule has 23 heavy (non-hydrogen) atoms. The number of aliphatic carboxylic acids is 1. The molecule has 2 aromatic rings. The molecule has 0 radical (unpaired) electrons. The van der Waals surface area contributed by atoms with Gasteiger partial charge in [0.1, 0.15) is 6.04 Å². The topological polar surface area (TPSA) is 114 Å². The lowest BCUT2D eigenvalue weighted by Gasteiger charge is -2.20. The summed E-state index contributed by atoms with van der Waals surface area (Å²) >= 11 is 0. The fraction of sp³-hybridized carbons (Fsp3) is 0.357. The summed E-state index contributed by atoms with van der Waals surface area (Å²) in [6.45, 7) is 3.50. The van der Waals surface area contributed by atoms with Gasteiger partial charge in [0.25, 0.3) is 0 Å². The minimum Gasteiger partial charge on any atom is -0.480 e. The molecule has 0 spiro atoms. The number of benzene rings is 1. The second kappa shape index (κ2) is 6.88. The molecule has 0 saturated carbocycles. The molecule has 0 unspecified atom stereocenters. The highest BCUT2D eigenvalue weighted by molar-refractivity contribution is 7.89. The molecule has 2 rings (SSSR count). The molecule has 0 fully saturated rings. The number of sulfonamides is 1. The number of rotatable bonds is 7. The minimum atomic E-state index is -3.92. The Morgan fingerprint density at radius 1 is 1.35 bits per heavy atom. The maximum absolute atomic E-state index is 12.4. The van der Waals surface area contributed by atoms with Gasteiger partial charge in [-0.25, -0.2) is 13.1 Å². The van der Waals surface area contributed by atoms with E-state index >= 15 is 0 Å². The lowest BCUT2D eigenvalue weighted by molar-refractivity contribution is -0.140. The first kappa shape index (κ1) is 17.1. The molecule has 0 aliphatic rings. The number of nitrogens with one attached hydrogen (secondary N) is 1. The number of carboxylic acid groups (broad SMARTS) is 1. The van der Waals surface area contributed by atoms with Gasteiger partial charge < -0.3 is 5.11 Å². The van der Waals surface area contributed by atoms with Crippen molar-refractivity contribution in [3.8, 4) is 5.69 Å². The molecule has 0 bridgehead atoms. The lowest BCUT2D eigenvalue weighted by Crippen LogP contribution is -2.44. The Bertz CT molecular complexity index is 757. The molecule has 0 aliphatic heterocycles. The van der Waals surface area contributed by atoms with Crippen LogP contribution in [-0.2, 0) is 14.8 Å². The van der Waals surface area contributed by atoms with Gasteiger partial charge in [-0.05, 0) is 30.2 Å². The van der Waals surface area contributed by atoms with Crippen LogP contribution >= 0.6 is 0 Å². The summed E-state index contributed by atoms with van der Waals surface area (Å²) in [4.78, 5) is 11.3. The first-order valence-electron chi connectivity index (χ1n) is 7.07. The highest BCUT2D eigenvalue weighted by Crippen LogP contribution is 2.16. The number of aromatic nitrogens is 3. The van der Waals surface area contributed by atoms with Crippen LogP contribution < -0.4 is 4.72 Å². The third kappa shape index (κ3) is 3.93. The van der Waals surface area contributed by atoms with Gasteiger partial charge in [0.2, 0.25) is 10.0 Å². The number of hydrogen-bond donors (Lipinski definition) is 2. The highest BCUT2D eigenvalue weighted by Gasteiger charge is 2.29. The summed E-state index contributed by atoms with van der Waals surface area (Å²) in [6.07, 6.45) is 3.69. The first-order valence-corrected chi connectivity index (χ1v) is 8.55. The van der Waals surface area contributed by atoms with Crippen molar-refractivity contribution in [1.82, 2.24) is 19.7 Å². The van der Waals surface area contributed by atoms with E-state index in [-0.39, 0.29) is 10.8 Å². The Labute approximate surface area is 134 Å². The van der Waals surface area contributed by atoms with E-state index in [4.69, 9.17) is 0 Å². The number of nitrogens with zero attached hydrogens (tertiary/aromatic N) is 3. The van der Waals surface area contributed by atoms with E-state index in [1.54, 1.807) is 25.3 Å². The average molecular weight is 338 g/mol. The maximum atomic E-state index is 12.4. The van der Waals surface area contributed by atoms with Crippen LogP contribution in [0.1, 0.15) is 20.3 Å². The third-order valence-corrected chi connectivity index (χ3v) is 5.05. The molecular weight excluding hydrogens is 320 g/mol. The van der Waals surface area contributed by atoms with E-state index in [9.17, 15) is 18.3 Å². The fourth-order valence-corrected chi connectivity index (χ4v) is 3.30. The van der Waals surface area contributed by atoms with Crippen LogP contribution in [0.4, 0.5) is 0 Å². The quantitative estimate of drug-likeness (QED) is 0.780. The van der Waals surface area contributed by atoms with E-state index in [2.05, 4.69) is 15.0 Å². The highest BCUT2D eigenvalue weighted by atomic mass is 32.2. The van der Waals surface area contributed by atoms with Crippen molar-refractivity contribution in [2.24, 2.45) is 5.92 Å². The monoisotopic (exact) mass is 338 g/mol. The zero-order valence-corrected chi connectivity index (χ0v) is 13.6. The van der Waals surface area contributed by atoms with E-state index in [1.807, 2.05) is 6.92 Å². The van der Waals surface area contributed by atoms with Gasteiger partial charge >= 0.3 is 5.97 Å². The third-order valence-electron chi connectivity index (χ3n) is 3.60. The van der Waals surface area contributed by atoms with Crippen molar-refractivity contribution in [2.75, 3.05) is 0 Å². The standard InChI is InChI=1S/C14H18N4O4S/c1-3-10(2)13(14(19)20)16-23(21,22)12-6-4-11(5-7-12)18-9-8-15-17-18/h4-10,13,16H,3H2,1-2H3,(H,19,20)/t10-,13+/m0/s1. The van der Waals surface area contributed by atoms with Crippen molar-refractivity contribution in [2.45, 2.75) is 31.2 Å². The van der Waals surface area contributed by atoms with Gasteiger partial charge in [0.15, 0.2) is 0 Å². The van der Waals surface area contributed by atoms with Crippen molar-refractivity contribution in [3.63, 3.8) is 0 Å². The summed E-state index contributed by atoms with van der Waals surface area (Å²) in [5, 5.41) is 16.7. The maximum Gasteiger partial charge on any atom is 0.322 e. The van der Waals surface area contributed by atoms with Gasteiger partial charge in [-0.1, -0.05) is 25.5 Å². The van der Waals surface area contributed by atoms with Gasteiger partial charge in [0.05, 0.1) is 23.0 Å². The SMILES string of the molecule is CC[C@H](C)[C@@H](NS(=O)(=O)c1ccc(-n2ccnn2)cc1)C(=O)O. The molecule has 0 saturated heterocycles. The Hall–Kier alpha value is -2.26. The average Bonchev–Trinajstić information content (AvgIpc) is 3.06. The smallest absolute Gasteiger partial charge is 0.322 e. The second-order valence-electron chi connectivity index (χ2n) is 5.16. The molecule has 1 aromatic carbocycles. The van der Waals surface area contributed by atoms with Gasteiger partial charge in [-0.15, -0.1) is 5.10 Å². The molecule has 2 N–H and O–H groups in total. The normalized spacial score (nSPS) is 14.3. The molecule has 1 heterocycles. The lowest BCUT2D eigenvalue weighted by atomic mass is 10.0. The van der Waals surface area contributed by atoms with E-state index in [0.29, 0.717) is 12.1 Å². The van der Waals surface area contributed by atoms with E-state index in [0.717, 1.165) is 0 Å². The predicted octanol–water partition coefficient (Wildman–Crippen LogP) is 1.04. The summed E-state index contributed by atoms with van der Waals surface area (Å²) in [6, 6.07) is 4.77. The Balaban J connectivity index is 2.23. The molecule has 1 aromatic heterocycles. The molecule has 9 heteroatoms. The molecule has 0 aliphatic carbocycles. The van der Waals surface area contributed by atoms with E-state index in [1.165, 1.54) is 23.0 Å². The van der Waals surface area contributed by atoms with Crippen LogP contribution in [0.25, 0.3) is 5.69 Å². The largest absolute Gasteiger partial charge is 0.480 e. The molecule has 0 amide bonds. The Morgan fingerprint density at radius 3 is 2.48 bits per heavy atom. The van der Waals surface area contributed by atoms with Crippen LogP contribution in [-0.4, -0.2) is 40.5 Å². The molecule has 8 nitrogen and oxygen atoms in total. The number of carboxylic acids is 1. The summed E-state index contributed by atoms with van der Waals surface area (Å²) in [5.74, 6) is -1.51. The Kier molecular flexibility index (Phi) is 5.12. The van der Waals surface area contributed by atoms with Crippen molar-refractivity contribution in [3.05, 3.63) is 36.7 Å². The molecule has 124 valence electrons. The summed E-state index contributed by atoms with van der Waals surface area (Å²) in [7, 11) is -3.92. The van der Waals surface area contributed by atoms with Crippen LogP contribution in [0, 0.1) is 5.92 Å². The van der Waals surface area contributed by atoms with Gasteiger partial charge in [0, 0.05) is 0 Å². The summed E-state index contributed by atoms with van der Waals surface area (Å²) in [5.41, 5.74) is 0.651. The summed E-state index contributed by atoms with van der Waals surface area (Å²) < 4.78 is 28.5. The van der Waals surface area contributed by atoms with Gasteiger partial charge in [-0.3, -0.25) is 4.79 Å². The molecular formula is C14H18N4O4S. The number of hydrogen-bond acceptors (Lipinski definition) is 5. The van der Waals surface area contributed by atoms with Crippen LogP contribution in [0.5, 0.6) is 0 Å². The minimum absolute atomic E-state index is 0.00378. The van der Waals surface area contributed by atoms with Crippen LogP contribution in [0.2, 0.25) is 0 Å². The predicted molar refractivity (Wildman–Crippen MR) is 82.6 cm³/mol. The Morgan fingerprint density at radius 2 is 2.00 bits per heavy atom. The van der Waals surface area contributed by atoms with Gasteiger partial charge in [-0.2, -0.15) is 4.72 Å². The first-order chi connectivity index (χ1) is 10.8. The van der Waals surface area contributed by atoms with Crippen molar-refractivity contribution < 1.29 is 18.3 Å². The fourth-order valence-electron chi connectivity index (χ4n) is 2.00. The zero-order valence-electron chi connectivity index (χ0n) is 12.7. The van der Waals surface area contributed by atoms with Crippen LogP contribution in [0.3, 0.4) is 0 Å². The second-order valence-corrected chi connectivity index (χ2v) is 6.88. The van der Waals surface area contributed by atoms with E-state index < -0.39 is 22.0 Å². The number of carbonyl (C=O) groups is 1. The van der Waals surface area contributed by atoms with Crippen LogP contribution in [0.15, 0.2) is 41.6 Å². The van der Waals surface area contributed by atoms with Crippen molar-refractivity contribution in [1.29, 1.82) is 0 Å². The molecule has 2 atom stereocenters.